The van der Waals surface area contributed by atoms with E-state index in [1.54, 1.807) is 11.2 Å². The molecule has 0 amide bonds. The van der Waals surface area contributed by atoms with E-state index in [0.717, 1.165) is 18.6 Å². The molecule has 0 radical (unpaired) electrons. The Labute approximate surface area is 168 Å². The van der Waals surface area contributed by atoms with Gasteiger partial charge in [-0.15, -0.1) is 0 Å². The molecule has 0 aliphatic carbocycles. The number of aryl methyl sites for hydroxylation is 1. The van der Waals surface area contributed by atoms with Gasteiger partial charge in [0, 0.05) is 19.0 Å². The van der Waals surface area contributed by atoms with Crippen LogP contribution in [0.15, 0.2) is 35.2 Å². The zero-order valence-corrected chi connectivity index (χ0v) is 18.3. The summed E-state index contributed by atoms with van der Waals surface area (Å²) in [5, 5.41) is 4.52. The van der Waals surface area contributed by atoms with E-state index in [0.29, 0.717) is 36.0 Å². The summed E-state index contributed by atoms with van der Waals surface area (Å²) in [5.74, 6) is 1.00. The highest BCUT2D eigenvalue weighted by Crippen LogP contribution is 2.30. The highest BCUT2D eigenvalue weighted by molar-refractivity contribution is 7.89. The average Bonchev–Trinajstić information content (AvgIpc) is 2.96. The molecular formula is C21H31N3O3S. The summed E-state index contributed by atoms with van der Waals surface area (Å²) >= 11 is 0. The lowest BCUT2D eigenvalue weighted by Gasteiger charge is -2.32. The van der Waals surface area contributed by atoms with Crippen LogP contribution in [0.4, 0.5) is 0 Å². The predicted octanol–water partition coefficient (Wildman–Crippen LogP) is 3.73. The zero-order chi connectivity index (χ0) is 20.5. The summed E-state index contributed by atoms with van der Waals surface area (Å²) in [7, 11) is -3.58. The van der Waals surface area contributed by atoms with Gasteiger partial charge in [0.1, 0.15) is 10.6 Å². The Balaban J connectivity index is 1.78. The van der Waals surface area contributed by atoms with Crippen molar-refractivity contribution in [2.45, 2.75) is 57.9 Å². The van der Waals surface area contributed by atoms with Gasteiger partial charge in [0.25, 0.3) is 0 Å². The quantitative estimate of drug-likeness (QED) is 0.760. The van der Waals surface area contributed by atoms with Gasteiger partial charge in [0.15, 0.2) is 0 Å². The molecule has 1 unspecified atom stereocenters. The Morgan fingerprint density at radius 2 is 1.86 bits per heavy atom. The molecule has 7 heteroatoms. The number of sulfonamides is 1. The minimum Gasteiger partial charge on any atom is -0.493 e. The largest absolute Gasteiger partial charge is 0.493 e. The van der Waals surface area contributed by atoms with Crippen LogP contribution in [0.25, 0.3) is 0 Å². The number of aromatic nitrogens is 2. The van der Waals surface area contributed by atoms with E-state index in [-0.39, 0.29) is 11.5 Å². The number of hydrogen-bond acceptors (Lipinski definition) is 4. The van der Waals surface area contributed by atoms with Crippen molar-refractivity contribution in [2.24, 2.45) is 5.92 Å². The maximum atomic E-state index is 13.4. The summed E-state index contributed by atoms with van der Waals surface area (Å²) in [6.45, 7) is 11.3. The third kappa shape index (κ3) is 4.25. The molecule has 1 aromatic heterocycles. The third-order valence-corrected chi connectivity index (χ3v) is 7.29. The monoisotopic (exact) mass is 405 g/mol. The summed E-state index contributed by atoms with van der Waals surface area (Å²) in [4.78, 5) is 0.354. The molecule has 6 nitrogen and oxygen atoms in total. The van der Waals surface area contributed by atoms with E-state index in [1.807, 2.05) is 62.7 Å². The highest BCUT2D eigenvalue weighted by Gasteiger charge is 2.35. The van der Waals surface area contributed by atoms with E-state index in [1.165, 1.54) is 0 Å². The standard InChI is InChI=1S/C21H31N3O3S/c1-16-20(17(2)24(22-16)21(3,4)5)28(25,26)23-13-9-10-18(14-23)15-27-19-11-7-6-8-12-19/h6-8,11-12,18H,9-10,13-15H2,1-5H3. The van der Waals surface area contributed by atoms with Crippen LogP contribution >= 0.6 is 0 Å². The van der Waals surface area contributed by atoms with Crippen molar-refractivity contribution < 1.29 is 13.2 Å². The molecule has 1 aliphatic rings. The first-order valence-electron chi connectivity index (χ1n) is 9.85. The first kappa shape index (κ1) is 20.9. The van der Waals surface area contributed by atoms with Crippen molar-refractivity contribution in [1.82, 2.24) is 14.1 Å². The molecule has 3 rings (SSSR count). The second-order valence-electron chi connectivity index (χ2n) is 8.58. The molecule has 28 heavy (non-hydrogen) atoms. The number of hydrogen-bond donors (Lipinski definition) is 0. The van der Waals surface area contributed by atoms with Gasteiger partial charge in [-0.3, -0.25) is 4.68 Å². The Hall–Kier alpha value is -1.86. The van der Waals surface area contributed by atoms with E-state index < -0.39 is 10.0 Å². The van der Waals surface area contributed by atoms with Crippen LogP contribution in [-0.2, 0) is 15.6 Å². The second kappa shape index (κ2) is 7.87. The van der Waals surface area contributed by atoms with Crippen LogP contribution in [-0.4, -0.2) is 42.2 Å². The molecule has 1 aromatic carbocycles. The Kier molecular flexibility index (Phi) is 5.87. The number of piperidine rings is 1. The fourth-order valence-electron chi connectivity index (χ4n) is 3.90. The van der Waals surface area contributed by atoms with Crippen LogP contribution in [0.2, 0.25) is 0 Å². The van der Waals surface area contributed by atoms with Crippen LogP contribution in [0.5, 0.6) is 5.75 Å². The van der Waals surface area contributed by atoms with Crippen LogP contribution in [0.3, 0.4) is 0 Å². The Morgan fingerprint density at radius 1 is 1.18 bits per heavy atom. The maximum Gasteiger partial charge on any atom is 0.246 e. The molecule has 0 spiro atoms. The summed E-state index contributed by atoms with van der Waals surface area (Å²) in [6.07, 6.45) is 1.81. The van der Waals surface area contributed by atoms with Crippen LogP contribution in [0, 0.1) is 19.8 Å². The SMILES string of the molecule is Cc1nn(C(C)(C)C)c(C)c1S(=O)(=O)N1CCCC(COc2ccccc2)C1. The van der Waals surface area contributed by atoms with Gasteiger partial charge >= 0.3 is 0 Å². The van der Waals surface area contributed by atoms with Gasteiger partial charge < -0.3 is 4.74 Å². The topological polar surface area (TPSA) is 64.4 Å². The summed E-state index contributed by atoms with van der Waals surface area (Å²) in [5.41, 5.74) is 0.999. The average molecular weight is 406 g/mol. The molecule has 154 valence electrons. The normalized spacial score (nSPS) is 19.0. The minimum atomic E-state index is -3.58. The van der Waals surface area contributed by atoms with Gasteiger partial charge in [-0.05, 0) is 59.6 Å². The molecule has 1 saturated heterocycles. The fraction of sp³-hybridized carbons (Fsp3) is 0.571. The van der Waals surface area contributed by atoms with E-state index in [4.69, 9.17) is 4.74 Å². The number of para-hydroxylation sites is 1. The molecule has 1 aliphatic heterocycles. The van der Waals surface area contributed by atoms with Crippen LogP contribution < -0.4 is 4.74 Å². The molecule has 0 bridgehead atoms. The van der Waals surface area contributed by atoms with Gasteiger partial charge in [0.05, 0.1) is 23.5 Å². The maximum absolute atomic E-state index is 13.4. The predicted molar refractivity (Wildman–Crippen MR) is 110 cm³/mol. The molecule has 2 aromatic rings. The van der Waals surface area contributed by atoms with Crippen LogP contribution in [0.1, 0.15) is 45.0 Å². The smallest absolute Gasteiger partial charge is 0.246 e. The minimum absolute atomic E-state index is 0.182. The molecule has 1 atom stereocenters. The van der Waals surface area contributed by atoms with Crippen molar-refractivity contribution in [2.75, 3.05) is 19.7 Å². The number of rotatable bonds is 5. The van der Waals surface area contributed by atoms with E-state index in [9.17, 15) is 8.42 Å². The zero-order valence-electron chi connectivity index (χ0n) is 17.5. The van der Waals surface area contributed by atoms with E-state index in [2.05, 4.69) is 5.10 Å². The van der Waals surface area contributed by atoms with Crippen molar-refractivity contribution in [3.63, 3.8) is 0 Å². The molecular weight excluding hydrogens is 374 g/mol. The number of ether oxygens (including phenoxy) is 1. The molecule has 0 saturated carbocycles. The third-order valence-electron chi connectivity index (χ3n) is 5.17. The lowest BCUT2D eigenvalue weighted by atomic mass is 10.0. The summed E-state index contributed by atoms with van der Waals surface area (Å²) < 4.78 is 36.1. The summed E-state index contributed by atoms with van der Waals surface area (Å²) in [6, 6.07) is 9.66. The van der Waals surface area contributed by atoms with Gasteiger partial charge in [-0.1, -0.05) is 18.2 Å². The Bertz CT molecular complexity index is 914. The second-order valence-corrected chi connectivity index (χ2v) is 10.5. The van der Waals surface area contributed by atoms with E-state index >= 15 is 0 Å². The highest BCUT2D eigenvalue weighted by atomic mass is 32.2. The van der Waals surface area contributed by atoms with Gasteiger partial charge in [-0.2, -0.15) is 9.40 Å². The fourth-order valence-corrected chi connectivity index (χ4v) is 5.80. The van der Waals surface area contributed by atoms with Gasteiger partial charge in [-0.25, -0.2) is 8.42 Å². The lowest BCUT2D eigenvalue weighted by Crippen LogP contribution is -2.41. The first-order valence-corrected chi connectivity index (χ1v) is 11.3. The Morgan fingerprint density at radius 3 is 2.46 bits per heavy atom. The lowest BCUT2D eigenvalue weighted by molar-refractivity contribution is 0.180. The molecule has 1 fully saturated rings. The molecule has 2 heterocycles. The number of benzene rings is 1. The van der Waals surface area contributed by atoms with Crippen molar-refractivity contribution in [1.29, 1.82) is 0 Å². The van der Waals surface area contributed by atoms with Crippen molar-refractivity contribution in [3.8, 4) is 5.75 Å². The van der Waals surface area contributed by atoms with Gasteiger partial charge in [0.2, 0.25) is 10.0 Å². The molecule has 0 N–H and O–H groups in total. The number of nitrogens with zero attached hydrogens (tertiary/aromatic N) is 3. The van der Waals surface area contributed by atoms with Crippen molar-refractivity contribution >= 4 is 10.0 Å². The first-order chi connectivity index (χ1) is 13.1. The van der Waals surface area contributed by atoms with Crippen molar-refractivity contribution in [3.05, 3.63) is 41.7 Å².